The molecular weight excluding hydrogens is 344 g/mol. The Morgan fingerprint density at radius 3 is 2.30 bits per heavy atom. The van der Waals surface area contributed by atoms with Gasteiger partial charge in [-0.15, -0.1) is 4.98 Å². The first kappa shape index (κ1) is 17.4. The van der Waals surface area contributed by atoms with Crippen LogP contribution in [0.3, 0.4) is 0 Å². The molecule has 0 amide bonds. The van der Waals surface area contributed by atoms with Gasteiger partial charge in [0.05, 0.1) is 25.7 Å². The van der Waals surface area contributed by atoms with Gasteiger partial charge in [-0.25, -0.2) is 13.1 Å². The Morgan fingerprint density at radius 1 is 1.13 bits per heavy atom. The predicted octanol–water partition coefficient (Wildman–Crippen LogP) is 1.33. The van der Waals surface area contributed by atoms with Crippen molar-refractivity contribution in [2.24, 2.45) is 0 Å². The number of hydrogen-bond acceptors (Lipinski definition) is 7. The molecule has 124 valence electrons. The first-order chi connectivity index (χ1) is 10.9. The second-order valence-corrected chi connectivity index (χ2v) is 6.63. The van der Waals surface area contributed by atoms with Gasteiger partial charge in [-0.1, -0.05) is 17.7 Å². The van der Waals surface area contributed by atoms with E-state index in [4.69, 9.17) is 21.1 Å². The van der Waals surface area contributed by atoms with E-state index >= 15 is 0 Å². The summed E-state index contributed by atoms with van der Waals surface area (Å²) in [6.45, 7) is 1.53. The van der Waals surface area contributed by atoms with Gasteiger partial charge >= 0.3 is 12.0 Å². The fourth-order valence-corrected chi connectivity index (χ4v) is 3.23. The number of benzene rings is 1. The van der Waals surface area contributed by atoms with E-state index in [0.29, 0.717) is 10.6 Å². The smallest absolute Gasteiger partial charge is 0.322 e. The molecule has 0 aliphatic carbocycles. The maximum absolute atomic E-state index is 12.4. The van der Waals surface area contributed by atoms with Gasteiger partial charge in [-0.3, -0.25) is 0 Å². The molecule has 0 unspecified atom stereocenters. The van der Waals surface area contributed by atoms with E-state index in [1.165, 1.54) is 20.3 Å². The SMILES string of the molecule is COc1nc(CNS(=O)(=O)c2cc(Cl)ccc2C)nc(OC)n1. The van der Waals surface area contributed by atoms with Gasteiger partial charge in [0.15, 0.2) is 5.82 Å². The standard InChI is InChI=1S/C13H15ClN4O4S/c1-8-4-5-9(14)6-10(8)23(19,20)15-7-11-16-12(21-2)18-13(17-11)22-3/h4-6,15H,7H2,1-3H3. The van der Waals surface area contributed by atoms with Crippen molar-refractivity contribution in [1.82, 2.24) is 19.7 Å². The summed E-state index contributed by atoms with van der Waals surface area (Å²) in [5.74, 6) is 0.164. The van der Waals surface area contributed by atoms with Gasteiger partial charge in [0.25, 0.3) is 0 Å². The average molecular weight is 359 g/mol. The molecule has 2 rings (SSSR count). The molecule has 0 fully saturated rings. The lowest BCUT2D eigenvalue weighted by molar-refractivity contribution is 0.336. The first-order valence-corrected chi connectivity index (χ1v) is 8.30. The zero-order chi connectivity index (χ0) is 17.0. The van der Waals surface area contributed by atoms with Crippen LogP contribution in [-0.4, -0.2) is 37.6 Å². The van der Waals surface area contributed by atoms with Crippen LogP contribution < -0.4 is 14.2 Å². The van der Waals surface area contributed by atoms with Crippen molar-refractivity contribution in [3.05, 3.63) is 34.6 Å². The van der Waals surface area contributed by atoms with E-state index < -0.39 is 10.0 Å². The van der Waals surface area contributed by atoms with E-state index in [2.05, 4.69) is 19.7 Å². The van der Waals surface area contributed by atoms with Crippen LogP contribution in [0.4, 0.5) is 0 Å². The predicted molar refractivity (Wildman–Crippen MR) is 83.1 cm³/mol. The zero-order valence-corrected chi connectivity index (χ0v) is 14.3. The number of aromatic nitrogens is 3. The van der Waals surface area contributed by atoms with Crippen molar-refractivity contribution in [1.29, 1.82) is 0 Å². The second-order valence-electron chi connectivity index (χ2n) is 4.46. The number of nitrogens with zero attached hydrogens (tertiary/aromatic N) is 3. The summed E-state index contributed by atoms with van der Waals surface area (Å²) in [5.41, 5.74) is 0.577. The second kappa shape index (κ2) is 7.07. The molecule has 1 aromatic carbocycles. The normalized spacial score (nSPS) is 11.3. The van der Waals surface area contributed by atoms with Crippen molar-refractivity contribution in [3.8, 4) is 12.0 Å². The fourth-order valence-electron chi connectivity index (χ4n) is 1.74. The van der Waals surface area contributed by atoms with Crippen molar-refractivity contribution in [2.45, 2.75) is 18.4 Å². The third kappa shape index (κ3) is 4.27. The minimum absolute atomic E-state index is 0.0324. The Labute approximate surface area is 138 Å². The summed E-state index contributed by atoms with van der Waals surface area (Å²) in [6, 6.07) is 4.70. The molecule has 0 saturated heterocycles. The maximum atomic E-state index is 12.4. The fraction of sp³-hybridized carbons (Fsp3) is 0.308. The zero-order valence-electron chi connectivity index (χ0n) is 12.7. The molecule has 0 aliphatic rings. The van der Waals surface area contributed by atoms with E-state index in [1.807, 2.05) is 0 Å². The van der Waals surface area contributed by atoms with E-state index in [1.54, 1.807) is 19.1 Å². The van der Waals surface area contributed by atoms with Crippen molar-refractivity contribution >= 4 is 21.6 Å². The largest absolute Gasteiger partial charge is 0.467 e. The van der Waals surface area contributed by atoms with Crippen molar-refractivity contribution in [3.63, 3.8) is 0 Å². The molecule has 8 nitrogen and oxygen atoms in total. The van der Waals surface area contributed by atoms with Crippen LogP contribution in [0.5, 0.6) is 12.0 Å². The molecule has 0 bridgehead atoms. The van der Waals surface area contributed by atoms with Gasteiger partial charge in [0.1, 0.15) is 0 Å². The number of sulfonamides is 1. The van der Waals surface area contributed by atoms with Gasteiger partial charge in [-0.2, -0.15) is 9.97 Å². The van der Waals surface area contributed by atoms with Crippen LogP contribution >= 0.6 is 11.6 Å². The Balaban J connectivity index is 2.24. The monoisotopic (exact) mass is 358 g/mol. The number of methoxy groups -OCH3 is 2. The van der Waals surface area contributed by atoms with Crippen LogP contribution in [-0.2, 0) is 16.6 Å². The summed E-state index contributed by atoms with van der Waals surface area (Å²) in [7, 11) is -0.993. The highest BCUT2D eigenvalue weighted by molar-refractivity contribution is 7.89. The van der Waals surface area contributed by atoms with Crippen LogP contribution in [0.1, 0.15) is 11.4 Å². The first-order valence-electron chi connectivity index (χ1n) is 6.44. The quantitative estimate of drug-likeness (QED) is 0.830. The highest BCUT2D eigenvalue weighted by Crippen LogP contribution is 2.20. The molecule has 10 heteroatoms. The molecular formula is C13H15ClN4O4S. The maximum Gasteiger partial charge on any atom is 0.322 e. The minimum atomic E-state index is -3.77. The van der Waals surface area contributed by atoms with Gasteiger partial charge in [-0.05, 0) is 24.6 Å². The number of hydrogen-bond donors (Lipinski definition) is 1. The topological polar surface area (TPSA) is 103 Å². The minimum Gasteiger partial charge on any atom is -0.467 e. The summed E-state index contributed by atoms with van der Waals surface area (Å²) in [6.07, 6.45) is 0. The Bertz CT molecular complexity index is 791. The van der Waals surface area contributed by atoms with Crippen LogP contribution in [0, 0.1) is 6.92 Å². The van der Waals surface area contributed by atoms with Gasteiger partial charge < -0.3 is 9.47 Å². The summed E-state index contributed by atoms with van der Waals surface area (Å²) >= 11 is 5.86. The molecule has 0 spiro atoms. The van der Waals surface area contributed by atoms with Gasteiger partial charge in [0, 0.05) is 5.02 Å². The Morgan fingerprint density at radius 2 is 1.74 bits per heavy atom. The lowest BCUT2D eigenvalue weighted by Gasteiger charge is -2.10. The summed E-state index contributed by atoms with van der Waals surface area (Å²) in [5, 5.41) is 0.333. The van der Waals surface area contributed by atoms with E-state index in [-0.39, 0.29) is 29.3 Å². The molecule has 0 aliphatic heterocycles. The highest BCUT2D eigenvalue weighted by atomic mass is 35.5. The number of halogens is 1. The van der Waals surface area contributed by atoms with Crippen LogP contribution in [0.2, 0.25) is 5.02 Å². The Hall–Kier alpha value is -1.97. The van der Waals surface area contributed by atoms with E-state index in [9.17, 15) is 8.42 Å². The van der Waals surface area contributed by atoms with Crippen LogP contribution in [0.25, 0.3) is 0 Å². The van der Waals surface area contributed by atoms with Gasteiger partial charge in [0.2, 0.25) is 10.0 Å². The van der Waals surface area contributed by atoms with E-state index in [0.717, 1.165) is 0 Å². The van der Waals surface area contributed by atoms with Crippen molar-refractivity contribution < 1.29 is 17.9 Å². The molecule has 0 atom stereocenters. The lowest BCUT2D eigenvalue weighted by Crippen LogP contribution is -2.25. The molecule has 23 heavy (non-hydrogen) atoms. The highest BCUT2D eigenvalue weighted by Gasteiger charge is 2.18. The number of aryl methyl sites for hydroxylation is 1. The summed E-state index contributed by atoms with van der Waals surface area (Å²) < 4.78 is 37.0. The summed E-state index contributed by atoms with van der Waals surface area (Å²) in [4.78, 5) is 11.9. The number of rotatable bonds is 6. The Kier molecular flexibility index (Phi) is 5.34. The third-order valence-corrected chi connectivity index (χ3v) is 4.64. The lowest BCUT2D eigenvalue weighted by atomic mass is 10.2. The number of ether oxygens (including phenoxy) is 2. The third-order valence-electron chi connectivity index (χ3n) is 2.87. The molecule has 2 aromatic rings. The molecule has 1 N–H and O–H groups in total. The average Bonchev–Trinajstić information content (AvgIpc) is 2.54. The molecule has 1 heterocycles. The molecule has 0 saturated carbocycles. The van der Waals surface area contributed by atoms with Crippen LogP contribution in [0.15, 0.2) is 23.1 Å². The molecule has 1 aromatic heterocycles. The van der Waals surface area contributed by atoms with Crippen molar-refractivity contribution in [2.75, 3.05) is 14.2 Å². The molecule has 0 radical (unpaired) electrons. The number of nitrogens with one attached hydrogen (secondary N) is 1.